The van der Waals surface area contributed by atoms with Crippen LogP contribution in [0.3, 0.4) is 0 Å². The molecule has 12 heavy (non-hydrogen) atoms. The number of rotatable bonds is 3. The van der Waals surface area contributed by atoms with Crippen LogP contribution < -0.4 is 0 Å². The first-order valence-corrected chi connectivity index (χ1v) is 4.37. The van der Waals surface area contributed by atoms with Gasteiger partial charge in [-0.25, -0.2) is 8.78 Å². The lowest BCUT2D eigenvalue weighted by Gasteiger charge is -2.08. The molecule has 1 nitrogen and oxygen atoms in total. The molecule has 1 unspecified atom stereocenters. The van der Waals surface area contributed by atoms with Crippen molar-refractivity contribution in [3.05, 3.63) is 0 Å². The highest BCUT2D eigenvalue weighted by Crippen LogP contribution is 2.40. The maximum Gasteiger partial charge on any atom is 0.248 e. The first-order valence-electron chi connectivity index (χ1n) is 4.37. The van der Waals surface area contributed by atoms with E-state index in [-0.39, 0.29) is 24.5 Å². The molecule has 1 saturated carbocycles. The van der Waals surface area contributed by atoms with Crippen LogP contribution in [0.2, 0.25) is 0 Å². The third-order valence-corrected chi connectivity index (χ3v) is 2.41. The fourth-order valence-corrected chi connectivity index (χ4v) is 1.70. The van der Waals surface area contributed by atoms with Crippen LogP contribution in [0.1, 0.15) is 39.0 Å². The largest absolute Gasteiger partial charge is 0.300 e. The second-order valence-corrected chi connectivity index (χ2v) is 3.71. The van der Waals surface area contributed by atoms with Crippen molar-refractivity contribution in [2.24, 2.45) is 5.92 Å². The molecular weight excluding hydrogens is 162 g/mol. The van der Waals surface area contributed by atoms with Crippen molar-refractivity contribution in [3.8, 4) is 0 Å². The van der Waals surface area contributed by atoms with E-state index in [1.807, 2.05) is 0 Å². The van der Waals surface area contributed by atoms with Crippen molar-refractivity contribution in [2.45, 2.75) is 45.0 Å². The zero-order chi connectivity index (χ0) is 9.19. The Morgan fingerprint density at radius 3 is 2.67 bits per heavy atom. The molecule has 0 saturated heterocycles. The van der Waals surface area contributed by atoms with Gasteiger partial charge in [-0.05, 0) is 25.7 Å². The quantitative estimate of drug-likeness (QED) is 0.646. The third kappa shape index (κ3) is 2.88. The van der Waals surface area contributed by atoms with Gasteiger partial charge in [-0.3, -0.25) is 0 Å². The van der Waals surface area contributed by atoms with Gasteiger partial charge >= 0.3 is 0 Å². The van der Waals surface area contributed by atoms with Crippen LogP contribution in [0.4, 0.5) is 8.78 Å². The number of hydrogen-bond donors (Lipinski definition) is 0. The fraction of sp³-hybridized carbons (Fsp3) is 0.889. The Labute approximate surface area is 71.1 Å². The van der Waals surface area contributed by atoms with Crippen molar-refractivity contribution >= 4 is 5.78 Å². The number of carbonyl (C=O) groups is 1. The van der Waals surface area contributed by atoms with Crippen LogP contribution in [-0.4, -0.2) is 11.7 Å². The highest BCUT2D eigenvalue weighted by Gasteiger charge is 2.38. The summed E-state index contributed by atoms with van der Waals surface area (Å²) >= 11 is 0. The molecular formula is C9H14F2O. The number of carbonyl (C=O) groups excluding carboxylic acids is 1. The molecule has 0 spiro atoms. The predicted octanol–water partition coefficient (Wildman–Crippen LogP) is 2.79. The van der Waals surface area contributed by atoms with Crippen molar-refractivity contribution < 1.29 is 13.6 Å². The highest BCUT2D eigenvalue weighted by atomic mass is 19.3. The zero-order valence-corrected chi connectivity index (χ0v) is 7.28. The Morgan fingerprint density at radius 2 is 2.25 bits per heavy atom. The van der Waals surface area contributed by atoms with E-state index in [1.54, 1.807) is 0 Å². The van der Waals surface area contributed by atoms with Gasteiger partial charge in [0.25, 0.3) is 0 Å². The summed E-state index contributed by atoms with van der Waals surface area (Å²) in [5.74, 6) is -2.28. The first-order chi connectivity index (χ1) is 5.49. The average molecular weight is 176 g/mol. The molecule has 1 aliphatic carbocycles. The van der Waals surface area contributed by atoms with Gasteiger partial charge < -0.3 is 4.79 Å². The molecule has 0 N–H and O–H groups in total. The summed E-state index contributed by atoms with van der Waals surface area (Å²) in [6.45, 7) is 1.51. The molecule has 3 heteroatoms. The normalized spacial score (nSPS) is 27.4. The number of Topliss-reactive ketones (excluding diaryl/α,β-unsaturated/α-hetero) is 1. The average Bonchev–Trinajstić information content (AvgIpc) is 2.26. The monoisotopic (exact) mass is 176 g/mol. The summed E-state index contributed by atoms with van der Waals surface area (Å²) in [4.78, 5) is 10.6. The van der Waals surface area contributed by atoms with Gasteiger partial charge in [0.15, 0.2) is 0 Å². The van der Waals surface area contributed by atoms with Gasteiger partial charge in [-0.1, -0.05) is 0 Å². The lowest BCUT2D eigenvalue weighted by molar-refractivity contribution is -0.117. The van der Waals surface area contributed by atoms with Crippen molar-refractivity contribution in [3.63, 3.8) is 0 Å². The predicted molar refractivity (Wildman–Crippen MR) is 42.2 cm³/mol. The Morgan fingerprint density at radius 1 is 1.58 bits per heavy atom. The van der Waals surface area contributed by atoms with E-state index >= 15 is 0 Å². The minimum absolute atomic E-state index is 0.00950. The lowest BCUT2D eigenvalue weighted by atomic mass is 10.0. The van der Waals surface area contributed by atoms with Gasteiger partial charge in [-0.15, -0.1) is 0 Å². The number of alkyl halides is 2. The standard InChI is InChI=1S/C9H14F2O/c1-7(12)2-3-8-4-5-9(10,11)6-8/h8H,2-6H2,1H3. The Bertz CT molecular complexity index is 177. The molecule has 1 rings (SSSR count). The van der Waals surface area contributed by atoms with Gasteiger partial charge in [0.1, 0.15) is 5.78 Å². The van der Waals surface area contributed by atoms with E-state index in [2.05, 4.69) is 0 Å². The van der Waals surface area contributed by atoms with Crippen LogP contribution in [0.25, 0.3) is 0 Å². The van der Waals surface area contributed by atoms with Crippen LogP contribution >= 0.6 is 0 Å². The van der Waals surface area contributed by atoms with E-state index in [4.69, 9.17) is 0 Å². The molecule has 1 aliphatic rings. The topological polar surface area (TPSA) is 17.1 Å². The maximum absolute atomic E-state index is 12.6. The van der Waals surface area contributed by atoms with E-state index in [0.717, 1.165) is 0 Å². The Balaban J connectivity index is 2.24. The van der Waals surface area contributed by atoms with Crippen LogP contribution in [0.15, 0.2) is 0 Å². The zero-order valence-electron chi connectivity index (χ0n) is 7.28. The summed E-state index contributed by atoms with van der Waals surface area (Å²) in [6, 6.07) is 0. The summed E-state index contributed by atoms with van der Waals surface area (Å²) in [5.41, 5.74) is 0. The minimum atomic E-state index is -2.46. The minimum Gasteiger partial charge on any atom is -0.300 e. The van der Waals surface area contributed by atoms with Crippen molar-refractivity contribution in [1.82, 2.24) is 0 Å². The molecule has 1 fully saturated rings. The molecule has 0 bridgehead atoms. The molecule has 0 aromatic rings. The second-order valence-electron chi connectivity index (χ2n) is 3.71. The van der Waals surface area contributed by atoms with Crippen molar-refractivity contribution in [2.75, 3.05) is 0 Å². The molecule has 70 valence electrons. The van der Waals surface area contributed by atoms with Gasteiger partial charge in [0, 0.05) is 19.3 Å². The first kappa shape index (κ1) is 9.62. The molecule has 0 heterocycles. The number of halogens is 2. The van der Waals surface area contributed by atoms with Crippen LogP contribution in [0.5, 0.6) is 0 Å². The van der Waals surface area contributed by atoms with Gasteiger partial charge in [0.05, 0.1) is 0 Å². The molecule has 0 radical (unpaired) electrons. The van der Waals surface area contributed by atoms with Crippen LogP contribution in [0, 0.1) is 5.92 Å². The van der Waals surface area contributed by atoms with E-state index in [9.17, 15) is 13.6 Å². The number of ketones is 1. The van der Waals surface area contributed by atoms with Crippen molar-refractivity contribution in [1.29, 1.82) is 0 Å². The summed E-state index contributed by atoms with van der Waals surface area (Å²) < 4.78 is 25.3. The molecule has 0 aromatic heterocycles. The molecule has 0 aromatic carbocycles. The fourth-order valence-electron chi connectivity index (χ4n) is 1.70. The molecule has 0 amide bonds. The molecule has 0 aliphatic heterocycles. The smallest absolute Gasteiger partial charge is 0.248 e. The highest BCUT2D eigenvalue weighted by molar-refractivity contribution is 5.75. The summed E-state index contributed by atoms with van der Waals surface area (Å²) in [7, 11) is 0. The lowest BCUT2D eigenvalue weighted by Crippen LogP contribution is -2.09. The Kier molecular flexibility index (Phi) is 2.80. The van der Waals surface area contributed by atoms with E-state index in [1.165, 1.54) is 6.92 Å². The second kappa shape index (κ2) is 3.50. The van der Waals surface area contributed by atoms with Crippen LogP contribution in [-0.2, 0) is 4.79 Å². The molecule has 1 atom stereocenters. The summed E-state index contributed by atoms with van der Waals surface area (Å²) in [5, 5.41) is 0. The third-order valence-electron chi connectivity index (χ3n) is 2.41. The van der Waals surface area contributed by atoms with Gasteiger partial charge in [0.2, 0.25) is 5.92 Å². The SMILES string of the molecule is CC(=O)CCC1CCC(F)(F)C1. The summed E-state index contributed by atoms with van der Waals surface area (Å²) in [6.07, 6.45) is 1.68. The van der Waals surface area contributed by atoms with Gasteiger partial charge in [-0.2, -0.15) is 0 Å². The van der Waals surface area contributed by atoms with E-state index in [0.29, 0.717) is 19.3 Å². The maximum atomic E-state index is 12.6. The Hall–Kier alpha value is -0.470. The number of hydrogen-bond acceptors (Lipinski definition) is 1. The van der Waals surface area contributed by atoms with E-state index < -0.39 is 5.92 Å².